The molecule has 1 saturated heterocycles. The topological polar surface area (TPSA) is 93.2 Å². The summed E-state index contributed by atoms with van der Waals surface area (Å²) in [6.45, 7) is 2.92. The van der Waals surface area contributed by atoms with Crippen molar-refractivity contribution in [1.29, 1.82) is 0 Å². The van der Waals surface area contributed by atoms with E-state index < -0.39 is 11.9 Å². The molecule has 1 atom stereocenters. The third kappa shape index (κ3) is 8.02. The number of amides is 2. The van der Waals surface area contributed by atoms with E-state index in [0.717, 1.165) is 51.4 Å². The first kappa shape index (κ1) is 25.0. The molecular weight excluding hydrogens is 424 g/mol. The fourth-order valence-electron chi connectivity index (χ4n) is 4.74. The van der Waals surface area contributed by atoms with Gasteiger partial charge in [-0.05, 0) is 58.3 Å². The summed E-state index contributed by atoms with van der Waals surface area (Å²) in [4.78, 5) is 52.2. The standard InChI is InChI=1S/C25H36N2O6/c1-19-18-26(22(28)12-14-24(30)32-20-8-4-2-5-9-20)16-17-27(19)23(29)13-15-25(31)33-21-10-6-3-7-11-21/h12-15,19-21H,2-11,16-18H2,1H3/b14-12+,15-13+. The highest BCUT2D eigenvalue weighted by Crippen LogP contribution is 2.21. The summed E-state index contributed by atoms with van der Waals surface area (Å²) >= 11 is 0. The fraction of sp³-hybridized carbons (Fsp3) is 0.680. The van der Waals surface area contributed by atoms with Gasteiger partial charge in [0.25, 0.3) is 0 Å². The van der Waals surface area contributed by atoms with Crippen LogP contribution in [-0.2, 0) is 28.7 Å². The Morgan fingerprint density at radius 3 is 1.64 bits per heavy atom. The zero-order valence-electron chi connectivity index (χ0n) is 19.6. The SMILES string of the molecule is CC1CN(C(=O)/C=C/C(=O)OC2CCCCC2)CCN1C(=O)/C=C/C(=O)OC1CCCCC1. The normalized spacial score (nSPS) is 23.1. The zero-order valence-corrected chi connectivity index (χ0v) is 19.6. The molecule has 1 aliphatic heterocycles. The van der Waals surface area contributed by atoms with E-state index in [2.05, 4.69) is 0 Å². The van der Waals surface area contributed by atoms with Crippen LogP contribution in [0.2, 0.25) is 0 Å². The van der Waals surface area contributed by atoms with E-state index in [1.54, 1.807) is 9.80 Å². The van der Waals surface area contributed by atoms with Gasteiger partial charge in [-0.1, -0.05) is 12.8 Å². The van der Waals surface area contributed by atoms with Crippen LogP contribution in [0.25, 0.3) is 0 Å². The molecule has 8 heteroatoms. The Bertz CT molecular complexity index is 765. The first-order valence-corrected chi connectivity index (χ1v) is 12.3. The van der Waals surface area contributed by atoms with Gasteiger partial charge in [-0.25, -0.2) is 9.59 Å². The highest BCUT2D eigenvalue weighted by atomic mass is 16.5. The van der Waals surface area contributed by atoms with E-state index in [0.29, 0.717) is 19.6 Å². The lowest BCUT2D eigenvalue weighted by Crippen LogP contribution is -2.54. The summed E-state index contributed by atoms with van der Waals surface area (Å²) in [5.41, 5.74) is 0. The van der Waals surface area contributed by atoms with Crippen LogP contribution in [0, 0.1) is 0 Å². The molecule has 0 bridgehead atoms. The Labute approximate surface area is 195 Å². The van der Waals surface area contributed by atoms with Crippen LogP contribution in [-0.4, -0.2) is 71.4 Å². The molecule has 8 nitrogen and oxygen atoms in total. The molecular formula is C25H36N2O6. The van der Waals surface area contributed by atoms with E-state index in [9.17, 15) is 19.2 Å². The third-order valence-electron chi connectivity index (χ3n) is 6.62. The minimum absolute atomic E-state index is 0.0476. The van der Waals surface area contributed by atoms with E-state index in [1.807, 2.05) is 6.92 Å². The van der Waals surface area contributed by atoms with Gasteiger partial charge < -0.3 is 19.3 Å². The van der Waals surface area contributed by atoms with E-state index >= 15 is 0 Å². The van der Waals surface area contributed by atoms with Gasteiger partial charge in [-0.2, -0.15) is 0 Å². The lowest BCUT2D eigenvalue weighted by Gasteiger charge is -2.39. The fourth-order valence-corrected chi connectivity index (χ4v) is 4.74. The molecule has 3 rings (SSSR count). The minimum Gasteiger partial charge on any atom is -0.459 e. The number of ether oxygens (including phenoxy) is 2. The molecule has 0 aromatic rings. The molecule has 182 valence electrons. The molecule has 2 aliphatic carbocycles. The Balaban J connectivity index is 1.41. The molecule has 2 amide bonds. The molecule has 2 saturated carbocycles. The van der Waals surface area contributed by atoms with Crippen molar-refractivity contribution in [2.45, 2.75) is 89.4 Å². The van der Waals surface area contributed by atoms with E-state index in [4.69, 9.17) is 9.47 Å². The Kier molecular flexibility index (Phi) is 9.51. The van der Waals surface area contributed by atoms with Gasteiger partial charge in [0.2, 0.25) is 11.8 Å². The van der Waals surface area contributed by atoms with Crippen LogP contribution < -0.4 is 0 Å². The summed E-state index contributed by atoms with van der Waals surface area (Å²) in [6, 6.07) is -0.211. The molecule has 0 radical (unpaired) electrons. The molecule has 1 unspecified atom stereocenters. The van der Waals surface area contributed by atoms with E-state index in [1.165, 1.54) is 37.1 Å². The first-order chi connectivity index (χ1) is 15.9. The number of rotatable bonds is 6. The second-order valence-corrected chi connectivity index (χ2v) is 9.23. The quantitative estimate of drug-likeness (QED) is 0.447. The van der Waals surface area contributed by atoms with Gasteiger partial charge >= 0.3 is 11.9 Å². The average molecular weight is 461 g/mol. The monoisotopic (exact) mass is 460 g/mol. The van der Waals surface area contributed by atoms with Gasteiger partial charge in [0.15, 0.2) is 0 Å². The van der Waals surface area contributed by atoms with Crippen molar-refractivity contribution < 1.29 is 28.7 Å². The largest absolute Gasteiger partial charge is 0.459 e. The molecule has 0 N–H and O–H groups in total. The average Bonchev–Trinajstić information content (AvgIpc) is 2.82. The van der Waals surface area contributed by atoms with Crippen LogP contribution in [0.5, 0.6) is 0 Å². The van der Waals surface area contributed by atoms with Gasteiger partial charge in [0.1, 0.15) is 12.2 Å². The minimum atomic E-state index is -0.484. The van der Waals surface area contributed by atoms with E-state index in [-0.39, 0.29) is 30.1 Å². The summed E-state index contributed by atoms with van der Waals surface area (Å²) in [5, 5.41) is 0. The molecule has 3 fully saturated rings. The Hall–Kier alpha value is -2.64. The smallest absolute Gasteiger partial charge is 0.331 e. The van der Waals surface area contributed by atoms with Crippen molar-refractivity contribution >= 4 is 23.8 Å². The number of carbonyl (C=O) groups is 4. The maximum atomic E-state index is 12.5. The van der Waals surface area contributed by atoms with Crippen molar-refractivity contribution in [3.63, 3.8) is 0 Å². The van der Waals surface area contributed by atoms with Crippen LogP contribution in [0.1, 0.15) is 71.1 Å². The van der Waals surface area contributed by atoms with Crippen molar-refractivity contribution in [2.24, 2.45) is 0 Å². The van der Waals surface area contributed by atoms with Crippen LogP contribution >= 0.6 is 0 Å². The highest BCUT2D eigenvalue weighted by Gasteiger charge is 2.28. The number of piperazine rings is 1. The summed E-state index contributed by atoms with van der Waals surface area (Å²) in [6.07, 6.45) is 14.9. The van der Waals surface area contributed by atoms with Crippen LogP contribution in [0.4, 0.5) is 0 Å². The summed E-state index contributed by atoms with van der Waals surface area (Å²) in [7, 11) is 0. The van der Waals surface area contributed by atoms with Crippen molar-refractivity contribution in [1.82, 2.24) is 9.80 Å². The van der Waals surface area contributed by atoms with Gasteiger partial charge in [-0.15, -0.1) is 0 Å². The first-order valence-electron chi connectivity index (χ1n) is 12.3. The molecule has 0 aromatic heterocycles. The molecule has 33 heavy (non-hydrogen) atoms. The predicted octanol–water partition coefficient (Wildman–Crippen LogP) is 2.91. The van der Waals surface area contributed by atoms with Crippen molar-refractivity contribution in [2.75, 3.05) is 19.6 Å². The van der Waals surface area contributed by atoms with Gasteiger partial charge in [0.05, 0.1) is 0 Å². The Morgan fingerprint density at radius 2 is 1.15 bits per heavy atom. The Morgan fingerprint density at radius 1 is 0.667 bits per heavy atom. The zero-order chi connectivity index (χ0) is 23.6. The number of hydrogen-bond donors (Lipinski definition) is 0. The van der Waals surface area contributed by atoms with Crippen LogP contribution in [0.15, 0.2) is 24.3 Å². The molecule has 0 aromatic carbocycles. The van der Waals surface area contributed by atoms with Gasteiger partial charge in [-0.3, -0.25) is 9.59 Å². The lowest BCUT2D eigenvalue weighted by molar-refractivity contribution is -0.145. The lowest BCUT2D eigenvalue weighted by atomic mass is 9.98. The molecule has 3 aliphatic rings. The maximum absolute atomic E-state index is 12.5. The van der Waals surface area contributed by atoms with Gasteiger partial charge in [0, 0.05) is 50.0 Å². The van der Waals surface area contributed by atoms with Crippen LogP contribution in [0.3, 0.4) is 0 Å². The number of hydrogen-bond acceptors (Lipinski definition) is 6. The summed E-state index contributed by atoms with van der Waals surface area (Å²) in [5.74, 6) is -1.52. The van der Waals surface area contributed by atoms with Crippen molar-refractivity contribution in [3.05, 3.63) is 24.3 Å². The second kappa shape index (κ2) is 12.6. The third-order valence-corrected chi connectivity index (χ3v) is 6.62. The molecule has 0 spiro atoms. The maximum Gasteiger partial charge on any atom is 0.331 e. The number of nitrogens with zero attached hydrogens (tertiary/aromatic N) is 2. The summed E-state index contributed by atoms with van der Waals surface area (Å²) < 4.78 is 10.8. The molecule has 1 heterocycles. The number of carbonyl (C=O) groups excluding carboxylic acids is 4. The second-order valence-electron chi connectivity index (χ2n) is 9.23. The van der Waals surface area contributed by atoms with Crippen molar-refractivity contribution in [3.8, 4) is 0 Å². The number of esters is 2. The highest BCUT2D eigenvalue weighted by molar-refractivity contribution is 5.96. The predicted molar refractivity (Wildman–Crippen MR) is 122 cm³/mol.